The molecule has 0 radical (unpaired) electrons. The fourth-order valence-corrected chi connectivity index (χ4v) is 5.60. The number of nitrogens with two attached hydrogens (primary N) is 2. The molecule has 3 aromatic carbocycles. The molecule has 0 atom stereocenters. The fraction of sp³-hybridized carbons (Fsp3) is 0.278. The number of nitrogens with one attached hydrogen (secondary N) is 1. The number of nitrogen functional groups attached to an aromatic ring is 2. The highest BCUT2D eigenvalue weighted by molar-refractivity contribution is 6.29. The van der Waals surface area contributed by atoms with Gasteiger partial charge in [0.25, 0.3) is 0 Å². The maximum atomic E-state index is 5.99. The third kappa shape index (κ3) is 8.10. The summed E-state index contributed by atoms with van der Waals surface area (Å²) in [5.74, 6) is 1.21. The number of piperazine rings is 1. The number of aryl methyl sites for hydroxylation is 2. The van der Waals surface area contributed by atoms with Gasteiger partial charge in [-0.3, -0.25) is 0 Å². The van der Waals surface area contributed by atoms with Crippen LogP contribution < -0.4 is 21.7 Å². The average Bonchev–Trinajstić information content (AvgIpc) is 3.03. The molecule has 0 amide bonds. The summed E-state index contributed by atoms with van der Waals surface area (Å²) in [4.78, 5) is 21.7. The molecule has 0 bridgehead atoms. The van der Waals surface area contributed by atoms with E-state index in [0.29, 0.717) is 11.7 Å². The average molecular weight is 636 g/mol. The summed E-state index contributed by atoms with van der Waals surface area (Å²) in [6.45, 7) is 13.4. The van der Waals surface area contributed by atoms with Crippen molar-refractivity contribution in [1.82, 2.24) is 24.8 Å². The highest BCUT2D eigenvalue weighted by Gasteiger charge is 2.14. The van der Waals surface area contributed by atoms with E-state index in [2.05, 4.69) is 112 Å². The van der Waals surface area contributed by atoms with Crippen molar-refractivity contribution >= 4 is 35.0 Å². The van der Waals surface area contributed by atoms with E-state index in [-0.39, 0.29) is 11.9 Å². The topological polar surface area (TPSA) is 122 Å². The summed E-state index contributed by atoms with van der Waals surface area (Å²) in [7, 11) is 2.18. The molecule has 238 valence electrons. The van der Waals surface area contributed by atoms with Crippen molar-refractivity contribution in [3.8, 4) is 22.5 Å². The number of anilines is 4. The van der Waals surface area contributed by atoms with Gasteiger partial charge in [0.05, 0.1) is 11.4 Å². The molecule has 10 heteroatoms. The minimum Gasteiger partial charge on any atom is -0.369 e. The van der Waals surface area contributed by atoms with Crippen LogP contribution in [0.5, 0.6) is 0 Å². The van der Waals surface area contributed by atoms with E-state index >= 15 is 0 Å². The van der Waals surface area contributed by atoms with Crippen molar-refractivity contribution in [3.63, 3.8) is 0 Å². The Labute approximate surface area is 276 Å². The molecule has 5 aromatic rings. The lowest BCUT2D eigenvalue weighted by Crippen LogP contribution is -2.44. The second kappa shape index (κ2) is 14.6. The summed E-state index contributed by atoms with van der Waals surface area (Å²) >= 11 is 5.86. The quantitative estimate of drug-likeness (QED) is 0.175. The first-order valence-corrected chi connectivity index (χ1v) is 15.8. The van der Waals surface area contributed by atoms with E-state index in [9.17, 15) is 0 Å². The molecule has 5 N–H and O–H groups in total. The molecule has 0 unspecified atom stereocenters. The van der Waals surface area contributed by atoms with Crippen LogP contribution in [-0.4, -0.2) is 58.1 Å². The largest absolute Gasteiger partial charge is 0.369 e. The highest BCUT2D eigenvalue weighted by atomic mass is 35.5. The molecular formula is C36H42ClN9. The fourth-order valence-electron chi connectivity index (χ4n) is 5.41. The number of hydrogen-bond donors (Lipinski definition) is 3. The van der Waals surface area contributed by atoms with E-state index in [1.54, 1.807) is 6.07 Å². The van der Waals surface area contributed by atoms with Crippen molar-refractivity contribution in [1.29, 1.82) is 0 Å². The van der Waals surface area contributed by atoms with Crippen molar-refractivity contribution in [3.05, 3.63) is 106 Å². The van der Waals surface area contributed by atoms with Gasteiger partial charge in [-0.15, -0.1) is 0 Å². The summed E-state index contributed by atoms with van der Waals surface area (Å²) < 4.78 is 0. The van der Waals surface area contributed by atoms with Gasteiger partial charge in [0.2, 0.25) is 11.9 Å². The standard InChI is InChI=1S/C24H30N6.C12H12ClN3/c1-17-5-4-6-21(18(17)2)22-15-23(28-24(25)27-22)26-16-19-7-9-20(10-8-19)30-13-11-29(3)12-14-30;1-7-4-3-5-9(8(7)2)10-6-11(13)16-12(14)15-10/h4-10,15H,11-14,16H2,1-3H3,(H3,25,26,27,28);3-6H,1-2H3,(H2,14,15,16). The van der Waals surface area contributed by atoms with Gasteiger partial charge in [-0.05, 0) is 74.7 Å². The number of rotatable bonds is 6. The maximum absolute atomic E-state index is 5.99. The van der Waals surface area contributed by atoms with Crippen LogP contribution in [0.15, 0.2) is 72.8 Å². The maximum Gasteiger partial charge on any atom is 0.222 e. The highest BCUT2D eigenvalue weighted by Crippen LogP contribution is 2.27. The number of hydrogen-bond acceptors (Lipinski definition) is 9. The second-order valence-electron chi connectivity index (χ2n) is 11.7. The molecule has 46 heavy (non-hydrogen) atoms. The molecule has 6 rings (SSSR count). The SMILES string of the molecule is Cc1cccc(-c2cc(Cl)nc(N)n2)c1C.Cc1cccc(-c2cc(NCc3ccc(N4CCN(C)CC4)cc3)nc(N)n2)c1C. The monoisotopic (exact) mass is 635 g/mol. The zero-order valence-electron chi connectivity index (χ0n) is 27.2. The first-order valence-electron chi connectivity index (χ1n) is 15.4. The van der Waals surface area contributed by atoms with Gasteiger partial charge in [0, 0.05) is 61.7 Å². The molecule has 1 aliphatic heterocycles. The summed E-state index contributed by atoms with van der Waals surface area (Å²) in [6.07, 6.45) is 0. The Bertz CT molecular complexity index is 1780. The van der Waals surface area contributed by atoms with Crippen LogP contribution in [0, 0.1) is 27.7 Å². The Morgan fingerprint density at radius 1 is 0.696 bits per heavy atom. The van der Waals surface area contributed by atoms with Crippen molar-refractivity contribution < 1.29 is 0 Å². The number of aromatic nitrogens is 4. The van der Waals surface area contributed by atoms with Crippen LogP contribution in [-0.2, 0) is 6.54 Å². The van der Waals surface area contributed by atoms with Crippen molar-refractivity contribution in [2.45, 2.75) is 34.2 Å². The van der Waals surface area contributed by atoms with Gasteiger partial charge >= 0.3 is 0 Å². The van der Waals surface area contributed by atoms with Crippen LogP contribution in [0.3, 0.4) is 0 Å². The van der Waals surface area contributed by atoms with Gasteiger partial charge in [-0.2, -0.15) is 4.98 Å². The Hall–Kier alpha value is -4.73. The zero-order valence-corrected chi connectivity index (χ0v) is 27.9. The second-order valence-corrected chi connectivity index (χ2v) is 12.1. The van der Waals surface area contributed by atoms with Crippen LogP contribution in [0.25, 0.3) is 22.5 Å². The molecule has 2 aromatic heterocycles. The summed E-state index contributed by atoms with van der Waals surface area (Å²) in [5, 5.41) is 3.76. The number of likely N-dealkylation sites (N-methyl/N-ethyl adjacent to an activating group) is 1. The Balaban J connectivity index is 0.000000219. The number of halogens is 1. The Morgan fingerprint density at radius 2 is 1.24 bits per heavy atom. The van der Waals surface area contributed by atoms with Crippen molar-refractivity contribution in [2.24, 2.45) is 0 Å². The lowest BCUT2D eigenvalue weighted by atomic mass is 10.0. The molecule has 0 spiro atoms. The van der Waals surface area contributed by atoms with Crippen LogP contribution in [0.4, 0.5) is 23.4 Å². The first-order chi connectivity index (χ1) is 22.1. The third-order valence-electron chi connectivity index (χ3n) is 8.50. The molecule has 0 aliphatic carbocycles. The third-order valence-corrected chi connectivity index (χ3v) is 8.69. The molecule has 3 heterocycles. The van der Waals surface area contributed by atoms with E-state index in [0.717, 1.165) is 54.5 Å². The van der Waals surface area contributed by atoms with Gasteiger partial charge < -0.3 is 26.6 Å². The molecule has 9 nitrogen and oxygen atoms in total. The zero-order chi connectivity index (χ0) is 32.8. The minimum atomic E-state index is 0.198. The molecule has 0 saturated carbocycles. The van der Waals surface area contributed by atoms with Gasteiger partial charge in [0.15, 0.2) is 0 Å². The van der Waals surface area contributed by atoms with Crippen LogP contribution in [0.2, 0.25) is 5.15 Å². The molecule has 1 saturated heterocycles. The minimum absolute atomic E-state index is 0.198. The van der Waals surface area contributed by atoms with Crippen molar-refractivity contribution in [2.75, 3.05) is 54.9 Å². The molecular weight excluding hydrogens is 594 g/mol. The smallest absolute Gasteiger partial charge is 0.222 e. The van der Waals surface area contributed by atoms with E-state index in [4.69, 9.17) is 23.1 Å². The summed E-state index contributed by atoms with van der Waals surface area (Å²) in [6, 6.07) is 24.7. The summed E-state index contributed by atoms with van der Waals surface area (Å²) in [5.41, 5.74) is 22.6. The predicted octanol–water partition coefficient (Wildman–Crippen LogP) is 6.70. The van der Waals surface area contributed by atoms with E-state index in [1.807, 2.05) is 24.3 Å². The van der Waals surface area contributed by atoms with E-state index in [1.165, 1.54) is 33.5 Å². The predicted molar refractivity (Wildman–Crippen MR) is 191 cm³/mol. The molecule has 1 fully saturated rings. The lowest BCUT2D eigenvalue weighted by Gasteiger charge is -2.34. The van der Waals surface area contributed by atoms with Crippen LogP contribution >= 0.6 is 11.6 Å². The lowest BCUT2D eigenvalue weighted by molar-refractivity contribution is 0.313. The number of nitrogens with zero attached hydrogens (tertiary/aromatic N) is 6. The van der Waals surface area contributed by atoms with Gasteiger partial charge in [-0.25, -0.2) is 15.0 Å². The van der Waals surface area contributed by atoms with E-state index < -0.39 is 0 Å². The Kier molecular flexibility index (Phi) is 10.3. The Morgan fingerprint density at radius 3 is 1.80 bits per heavy atom. The van der Waals surface area contributed by atoms with Crippen LogP contribution in [0.1, 0.15) is 27.8 Å². The first kappa shape index (κ1) is 32.7. The van der Waals surface area contributed by atoms with Gasteiger partial charge in [-0.1, -0.05) is 60.1 Å². The van der Waals surface area contributed by atoms with Gasteiger partial charge in [0.1, 0.15) is 11.0 Å². The molecule has 1 aliphatic rings. The number of benzene rings is 3. The normalized spacial score (nSPS) is 13.2.